The molecule has 2 atom stereocenters. The molecule has 156 valence electrons. The van der Waals surface area contributed by atoms with Gasteiger partial charge in [-0.05, 0) is 18.2 Å². The standard InChI is InChI=1S/C23H28N5O2/c1-25-19-8-4-3-7-18(19)22-24-17(16-28(22)23(25)29)15-26-11-13-27(14-12-26)20-9-5-6-10-21(20)30-2/h3-10,17-18H,11-16H2,1-2H3/q+1. The second-order valence-corrected chi connectivity index (χ2v) is 8.20. The van der Waals surface area contributed by atoms with Crippen LogP contribution in [0.4, 0.5) is 10.5 Å². The van der Waals surface area contributed by atoms with Crippen LogP contribution < -0.4 is 9.64 Å². The Balaban J connectivity index is 1.24. The van der Waals surface area contributed by atoms with E-state index in [1.54, 1.807) is 11.7 Å². The molecule has 0 saturated carbocycles. The van der Waals surface area contributed by atoms with Crippen LogP contribution in [-0.2, 0) is 0 Å². The lowest BCUT2D eigenvalue weighted by atomic mass is 9.94. The average molecular weight is 407 g/mol. The van der Waals surface area contributed by atoms with Crippen LogP contribution >= 0.6 is 0 Å². The maximum Gasteiger partial charge on any atom is 0.499 e. The highest BCUT2D eigenvalue weighted by Crippen LogP contribution is 2.29. The molecule has 3 heterocycles. The number of rotatable bonds is 4. The molecule has 5 rings (SSSR count). The van der Waals surface area contributed by atoms with Gasteiger partial charge in [0.05, 0.1) is 19.8 Å². The molecule has 30 heavy (non-hydrogen) atoms. The van der Waals surface area contributed by atoms with Crippen LogP contribution in [0.3, 0.4) is 0 Å². The zero-order chi connectivity index (χ0) is 20.7. The second-order valence-electron chi connectivity index (χ2n) is 8.20. The van der Waals surface area contributed by atoms with E-state index in [2.05, 4.69) is 28.0 Å². The minimum absolute atomic E-state index is 0.0310. The number of methoxy groups -OCH3 is 1. The quantitative estimate of drug-likeness (QED) is 0.717. The van der Waals surface area contributed by atoms with Crippen molar-refractivity contribution in [2.45, 2.75) is 6.04 Å². The largest absolute Gasteiger partial charge is 0.499 e. The molecule has 1 saturated heterocycles. The van der Waals surface area contributed by atoms with E-state index in [4.69, 9.17) is 9.73 Å². The summed E-state index contributed by atoms with van der Waals surface area (Å²) in [6, 6.07) is 8.37. The topological polar surface area (TPSA) is 51.4 Å². The van der Waals surface area contributed by atoms with Gasteiger partial charge in [-0.25, -0.2) is 4.99 Å². The fourth-order valence-corrected chi connectivity index (χ4v) is 4.85. The molecule has 0 aromatic heterocycles. The van der Waals surface area contributed by atoms with Gasteiger partial charge in [0.1, 0.15) is 30.0 Å². The van der Waals surface area contributed by atoms with E-state index >= 15 is 0 Å². The monoisotopic (exact) mass is 406 g/mol. The smallest absolute Gasteiger partial charge is 0.495 e. The van der Waals surface area contributed by atoms with Gasteiger partial charge in [0.25, 0.3) is 0 Å². The number of allylic oxidation sites excluding steroid dienone is 3. The molecular formula is C23H28N5O2+. The molecule has 1 fully saturated rings. The van der Waals surface area contributed by atoms with Crippen LogP contribution in [0.1, 0.15) is 0 Å². The van der Waals surface area contributed by atoms with Gasteiger partial charge in [-0.1, -0.05) is 30.4 Å². The Kier molecular flexibility index (Phi) is 4.90. The third-order valence-corrected chi connectivity index (χ3v) is 6.44. The van der Waals surface area contributed by atoms with Crippen molar-refractivity contribution in [1.82, 2.24) is 9.80 Å². The van der Waals surface area contributed by atoms with Crippen LogP contribution in [0.15, 0.2) is 53.6 Å². The number of carbonyl (C=O) groups excluding carboxylic acids is 1. The first kappa shape index (κ1) is 19.1. The molecular weight excluding hydrogens is 378 g/mol. The normalized spacial score (nSPS) is 26.1. The molecule has 3 aliphatic heterocycles. The number of urea groups is 1. The molecule has 0 N–H and O–H groups in total. The number of hydrogen-bond acceptors (Lipinski definition) is 5. The zero-order valence-corrected chi connectivity index (χ0v) is 17.6. The molecule has 0 radical (unpaired) electrons. The maximum atomic E-state index is 12.8. The van der Waals surface area contributed by atoms with Crippen molar-refractivity contribution in [3.63, 3.8) is 0 Å². The number of ether oxygens (including phenoxy) is 1. The molecule has 1 aromatic rings. The van der Waals surface area contributed by atoms with Gasteiger partial charge in [0, 0.05) is 32.7 Å². The number of piperazine rings is 1. The van der Waals surface area contributed by atoms with E-state index in [0.29, 0.717) is 6.54 Å². The van der Waals surface area contributed by atoms with Gasteiger partial charge in [-0.2, -0.15) is 14.3 Å². The first-order valence-corrected chi connectivity index (χ1v) is 10.6. The van der Waals surface area contributed by atoms with Crippen LogP contribution in [0, 0.1) is 5.92 Å². The summed E-state index contributed by atoms with van der Waals surface area (Å²) in [5, 5.41) is 0. The summed E-state index contributed by atoms with van der Waals surface area (Å²) in [5.41, 5.74) is 2.18. The van der Waals surface area contributed by atoms with E-state index in [1.807, 2.05) is 42.3 Å². The van der Waals surface area contributed by atoms with Gasteiger partial charge < -0.3 is 9.64 Å². The third kappa shape index (κ3) is 3.23. The second kappa shape index (κ2) is 7.72. The Bertz CT molecular complexity index is 972. The van der Waals surface area contributed by atoms with Crippen molar-refractivity contribution in [3.8, 4) is 5.75 Å². The Morgan fingerprint density at radius 1 is 1.17 bits per heavy atom. The lowest BCUT2D eigenvalue weighted by molar-refractivity contribution is -0.404. The number of fused-ring (bicyclic) bond motifs is 3. The fourth-order valence-electron chi connectivity index (χ4n) is 4.85. The summed E-state index contributed by atoms with van der Waals surface area (Å²) in [6.45, 7) is 5.45. The van der Waals surface area contributed by atoms with E-state index in [9.17, 15) is 4.79 Å². The lowest BCUT2D eigenvalue weighted by Gasteiger charge is -2.37. The highest BCUT2D eigenvalue weighted by atomic mass is 16.5. The van der Waals surface area contributed by atoms with Gasteiger partial charge in [0.15, 0.2) is 0 Å². The minimum atomic E-state index is 0.0310. The molecule has 2 unspecified atom stereocenters. The Labute approximate surface area is 177 Å². The predicted molar refractivity (Wildman–Crippen MR) is 118 cm³/mol. The summed E-state index contributed by atoms with van der Waals surface area (Å²) in [4.78, 5) is 24.5. The van der Waals surface area contributed by atoms with Crippen molar-refractivity contribution in [2.24, 2.45) is 10.9 Å². The lowest BCUT2D eigenvalue weighted by Crippen LogP contribution is -2.52. The summed E-state index contributed by atoms with van der Waals surface area (Å²) in [7, 11) is 3.58. The van der Waals surface area contributed by atoms with Crippen molar-refractivity contribution < 1.29 is 14.1 Å². The van der Waals surface area contributed by atoms with Crippen molar-refractivity contribution in [2.75, 3.05) is 58.3 Å². The molecule has 0 bridgehead atoms. The Morgan fingerprint density at radius 3 is 2.77 bits per heavy atom. The van der Waals surface area contributed by atoms with E-state index in [0.717, 1.165) is 55.7 Å². The summed E-state index contributed by atoms with van der Waals surface area (Å²) >= 11 is 0. The molecule has 7 nitrogen and oxygen atoms in total. The number of amidine groups is 1. The number of benzene rings is 1. The van der Waals surface area contributed by atoms with Crippen LogP contribution in [0.25, 0.3) is 0 Å². The molecule has 1 aromatic carbocycles. The van der Waals surface area contributed by atoms with E-state index < -0.39 is 0 Å². The maximum absolute atomic E-state index is 12.8. The summed E-state index contributed by atoms with van der Waals surface area (Å²) in [5.74, 6) is 1.92. The van der Waals surface area contributed by atoms with Crippen molar-refractivity contribution in [1.29, 1.82) is 0 Å². The summed E-state index contributed by atoms with van der Waals surface area (Å²) < 4.78 is 7.28. The van der Waals surface area contributed by atoms with Crippen LogP contribution in [0.5, 0.6) is 5.75 Å². The number of anilines is 1. The molecule has 1 aliphatic carbocycles. The number of hydrogen-bond donors (Lipinski definition) is 0. The molecule has 7 heteroatoms. The molecule has 4 aliphatic rings. The molecule has 0 spiro atoms. The fraction of sp³-hybridized carbons (Fsp3) is 0.435. The zero-order valence-electron chi connectivity index (χ0n) is 17.6. The van der Waals surface area contributed by atoms with Crippen molar-refractivity contribution >= 4 is 23.3 Å². The van der Waals surface area contributed by atoms with Gasteiger partial charge >= 0.3 is 6.03 Å². The van der Waals surface area contributed by atoms with E-state index in [-0.39, 0.29) is 18.0 Å². The highest BCUT2D eigenvalue weighted by Gasteiger charge is 2.48. The van der Waals surface area contributed by atoms with Gasteiger partial charge in [-0.15, -0.1) is 0 Å². The number of para-hydroxylation sites is 2. The average Bonchev–Trinajstić information content (AvgIpc) is 3.22. The van der Waals surface area contributed by atoms with Crippen LogP contribution in [0.2, 0.25) is 0 Å². The molecule has 2 amide bonds. The first-order valence-electron chi connectivity index (χ1n) is 10.6. The Hall–Kier alpha value is -2.93. The number of aliphatic imine (C=N–C) groups is 1. The third-order valence-electron chi connectivity index (χ3n) is 6.44. The number of amides is 2. The van der Waals surface area contributed by atoms with Crippen molar-refractivity contribution in [3.05, 3.63) is 48.6 Å². The van der Waals surface area contributed by atoms with Crippen LogP contribution in [-0.4, -0.2) is 91.4 Å². The number of nitrogens with zero attached hydrogens (tertiary/aromatic N) is 5. The Morgan fingerprint density at radius 2 is 1.97 bits per heavy atom. The van der Waals surface area contributed by atoms with Gasteiger partial charge in [0.2, 0.25) is 5.84 Å². The van der Waals surface area contributed by atoms with E-state index in [1.165, 1.54) is 0 Å². The first-order chi connectivity index (χ1) is 14.7. The number of carbonyl (C=O) groups is 1. The predicted octanol–water partition coefficient (Wildman–Crippen LogP) is 1.86. The SMILES string of the molecule is COc1ccccc1N1CCN(CC2CN3C(=O)[N+](C)=C4C=CC=CC4C3=N2)CC1. The summed E-state index contributed by atoms with van der Waals surface area (Å²) in [6.07, 6.45) is 8.19. The minimum Gasteiger partial charge on any atom is -0.495 e. The van der Waals surface area contributed by atoms with Gasteiger partial charge in [-0.3, -0.25) is 4.90 Å². The highest BCUT2D eigenvalue weighted by molar-refractivity contribution is 6.18.